The first-order valence-electron chi connectivity index (χ1n) is 8.19. The highest BCUT2D eigenvalue weighted by Crippen LogP contribution is 2.15. The van der Waals surface area contributed by atoms with Crippen LogP contribution in [-0.4, -0.2) is 37.6 Å². The number of hydrogen-bond donors (Lipinski definition) is 1. The summed E-state index contributed by atoms with van der Waals surface area (Å²) in [4.78, 5) is 15.4. The Labute approximate surface area is 138 Å². The third-order valence-corrected chi connectivity index (χ3v) is 3.92. The summed E-state index contributed by atoms with van der Waals surface area (Å²) in [5, 5.41) is 9.71. The van der Waals surface area contributed by atoms with E-state index in [1.807, 2.05) is 24.5 Å². The van der Waals surface area contributed by atoms with Gasteiger partial charge in [-0.3, -0.25) is 9.88 Å². The van der Waals surface area contributed by atoms with Crippen molar-refractivity contribution < 1.29 is 5.11 Å². The summed E-state index contributed by atoms with van der Waals surface area (Å²) in [6.07, 6.45) is 6.35. The highest BCUT2D eigenvalue weighted by molar-refractivity contribution is 5.10. The van der Waals surface area contributed by atoms with Gasteiger partial charge in [-0.25, -0.2) is 9.97 Å². The fourth-order valence-corrected chi connectivity index (χ4v) is 2.53. The molecule has 0 aliphatic heterocycles. The maximum absolute atomic E-state index is 9.71. The molecule has 0 amide bonds. The van der Waals surface area contributed by atoms with E-state index in [2.05, 4.69) is 46.7 Å². The molecule has 0 unspecified atom stereocenters. The zero-order chi connectivity index (χ0) is 16.7. The number of hydrogen-bond acceptors (Lipinski definition) is 5. The van der Waals surface area contributed by atoms with E-state index in [1.54, 1.807) is 6.20 Å². The summed E-state index contributed by atoms with van der Waals surface area (Å²) >= 11 is 0. The van der Waals surface area contributed by atoms with E-state index < -0.39 is 0 Å². The molecule has 0 bridgehead atoms. The second kappa shape index (κ2) is 8.70. The SMILES string of the molecule is CC[C@H](CO)N(Cc1cccnc1)Cc1ccnc(C(C)C)n1. The lowest BCUT2D eigenvalue weighted by molar-refractivity contribution is 0.105. The molecule has 2 aromatic rings. The van der Waals surface area contributed by atoms with Crippen LogP contribution in [0.3, 0.4) is 0 Å². The summed E-state index contributed by atoms with van der Waals surface area (Å²) < 4.78 is 0. The molecular formula is C18H26N4O. The second-order valence-corrected chi connectivity index (χ2v) is 6.07. The predicted molar refractivity (Wildman–Crippen MR) is 90.8 cm³/mol. The summed E-state index contributed by atoms with van der Waals surface area (Å²) in [6, 6.07) is 6.05. The van der Waals surface area contributed by atoms with E-state index in [0.717, 1.165) is 30.0 Å². The van der Waals surface area contributed by atoms with Crippen molar-refractivity contribution in [1.82, 2.24) is 19.9 Å². The summed E-state index contributed by atoms with van der Waals surface area (Å²) in [7, 11) is 0. The van der Waals surface area contributed by atoms with Gasteiger partial charge in [0.25, 0.3) is 0 Å². The molecule has 0 fully saturated rings. The number of aliphatic hydroxyl groups excluding tert-OH is 1. The van der Waals surface area contributed by atoms with Gasteiger partial charge in [-0.05, 0) is 24.1 Å². The van der Waals surface area contributed by atoms with Crippen molar-refractivity contribution in [3.63, 3.8) is 0 Å². The van der Waals surface area contributed by atoms with Crippen LogP contribution in [-0.2, 0) is 13.1 Å². The van der Waals surface area contributed by atoms with Gasteiger partial charge in [-0.1, -0.05) is 26.8 Å². The van der Waals surface area contributed by atoms with Crippen molar-refractivity contribution in [2.24, 2.45) is 0 Å². The van der Waals surface area contributed by atoms with Crippen LogP contribution in [0.4, 0.5) is 0 Å². The summed E-state index contributed by atoms with van der Waals surface area (Å²) in [6.45, 7) is 7.85. The standard InChI is InChI=1S/C18H26N4O/c1-4-17(13-23)22(11-15-6-5-8-19-10-15)12-16-7-9-20-18(21-16)14(2)3/h5-10,14,17,23H,4,11-13H2,1-3H3/t17-/m1/s1. The minimum atomic E-state index is 0.104. The molecule has 0 aromatic carbocycles. The number of pyridine rings is 1. The van der Waals surface area contributed by atoms with Gasteiger partial charge in [-0.2, -0.15) is 0 Å². The largest absolute Gasteiger partial charge is 0.395 e. The molecule has 0 saturated carbocycles. The second-order valence-electron chi connectivity index (χ2n) is 6.07. The van der Waals surface area contributed by atoms with Crippen molar-refractivity contribution >= 4 is 0 Å². The zero-order valence-electron chi connectivity index (χ0n) is 14.2. The Morgan fingerprint density at radius 2 is 2.00 bits per heavy atom. The average Bonchev–Trinajstić information content (AvgIpc) is 2.57. The van der Waals surface area contributed by atoms with E-state index >= 15 is 0 Å². The number of aliphatic hydroxyl groups is 1. The normalized spacial score (nSPS) is 12.8. The van der Waals surface area contributed by atoms with E-state index in [1.165, 1.54) is 0 Å². The van der Waals surface area contributed by atoms with Gasteiger partial charge in [0.05, 0.1) is 12.3 Å². The van der Waals surface area contributed by atoms with Gasteiger partial charge in [0.2, 0.25) is 0 Å². The lowest BCUT2D eigenvalue weighted by Crippen LogP contribution is -2.37. The molecule has 5 heteroatoms. The maximum atomic E-state index is 9.71. The predicted octanol–water partition coefficient (Wildman–Crippen LogP) is 2.77. The van der Waals surface area contributed by atoms with Crippen molar-refractivity contribution in [2.45, 2.75) is 52.2 Å². The molecule has 0 saturated heterocycles. The van der Waals surface area contributed by atoms with Crippen molar-refractivity contribution in [2.75, 3.05) is 6.61 Å². The number of rotatable bonds is 8. The Kier molecular flexibility index (Phi) is 6.62. The van der Waals surface area contributed by atoms with Gasteiger partial charge >= 0.3 is 0 Å². The van der Waals surface area contributed by atoms with Crippen LogP contribution in [0.25, 0.3) is 0 Å². The first-order chi connectivity index (χ1) is 11.1. The van der Waals surface area contributed by atoms with Crippen LogP contribution < -0.4 is 0 Å². The van der Waals surface area contributed by atoms with Gasteiger partial charge in [0.15, 0.2) is 0 Å². The Hall–Kier alpha value is -1.85. The minimum absolute atomic E-state index is 0.104. The Bertz CT molecular complexity index is 585. The smallest absolute Gasteiger partial charge is 0.131 e. The fraction of sp³-hybridized carbons (Fsp3) is 0.500. The first-order valence-corrected chi connectivity index (χ1v) is 8.19. The third-order valence-electron chi connectivity index (χ3n) is 3.92. The monoisotopic (exact) mass is 314 g/mol. The van der Waals surface area contributed by atoms with Crippen LogP contribution in [0.1, 0.15) is 50.2 Å². The van der Waals surface area contributed by atoms with Gasteiger partial charge in [0, 0.05) is 43.6 Å². The van der Waals surface area contributed by atoms with Gasteiger partial charge < -0.3 is 5.11 Å². The molecule has 2 aromatic heterocycles. The molecule has 0 radical (unpaired) electrons. The Morgan fingerprint density at radius 3 is 2.61 bits per heavy atom. The Balaban J connectivity index is 2.18. The molecule has 0 aliphatic carbocycles. The molecule has 124 valence electrons. The molecule has 0 spiro atoms. The van der Waals surface area contributed by atoms with Crippen molar-refractivity contribution in [3.8, 4) is 0 Å². The molecular weight excluding hydrogens is 288 g/mol. The highest BCUT2D eigenvalue weighted by Gasteiger charge is 2.18. The first kappa shape index (κ1) is 17.5. The van der Waals surface area contributed by atoms with Crippen molar-refractivity contribution in [3.05, 3.63) is 53.9 Å². The van der Waals surface area contributed by atoms with Crippen LogP contribution in [0, 0.1) is 0 Å². The Morgan fingerprint density at radius 1 is 1.17 bits per heavy atom. The van der Waals surface area contributed by atoms with Crippen LogP contribution in [0.15, 0.2) is 36.8 Å². The average molecular weight is 314 g/mol. The van der Waals surface area contributed by atoms with Crippen LogP contribution >= 0.6 is 0 Å². The molecule has 23 heavy (non-hydrogen) atoms. The summed E-state index contributed by atoms with van der Waals surface area (Å²) in [5.74, 6) is 1.17. The highest BCUT2D eigenvalue weighted by atomic mass is 16.3. The number of aromatic nitrogens is 3. The van der Waals surface area contributed by atoms with Crippen molar-refractivity contribution in [1.29, 1.82) is 0 Å². The van der Waals surface area contributed by atoms with E-state index in [4.69, 9.17) is 0 Å². The molecule has 5 nitrogen and oxygen atoms in total. The topological polar surface area (TPSA) is 62.1 Å². The van der Waals surface area contributed by atoms with Gasteiger partial charge in [-0.15, -0.1) is 0 Å². The zero-order valence-corrected chi connectivity index (χ0v) is 14.2. The lowest BCUT2D eigenvalue weighted by atomic mass is 10.1. The maximum Gasteiger partial charge on any atom is 0.131 e. The van der Waals surface area contributed by atoms with Gasteiger partial charge in [0.1, 0.15) is 5.82 Å². The van der Waals surface area contributed by atoms with E-state index in [0.29, 0.717) is 12.5 Å². The minimum Gasteiger partial charge on any atom is -0.395 e. The molecule has 1 N–H and O–H groups in total. The summed E-state index contributed by atoms with van der Waals surface area (Å²) in [5.41, 5.74) is 2.12. The molecule has 2 rings (SSSR count). The molecule has 0 aliphatic rings. The molecule has 2 heterocycles. The quantitative estimate of drug-likeness (QED) is 0.812. The van der Waals surface area contributed by atoms with Crippen LogP contribution in [0.5, 0.6) is 0 Å². The third kappa shape index (κ3) is 5.08. The fourth-order valence-electron chi connectivity index (χ4n) is 2.53. The lowest BCUT2D eigenvalue weighted by Gasteiger charge is -2.29. The van der Waals surface area contributed by atoms with E-state index in [9.17, 15) is 5.11 Å². The van der Waals surface area contributed by atoms with E-state index in [-0.39, 0.29) is 12.6 Å². The van der Waals surface area contributed by atoms with Crippen LogP contribution in [0.2, 0.25) is 0 Å². The number of nitrogens with zero attached hydrogens (tertiary/aromatic N) is 4. The molecule has 1 atom stereocenters.